The molecule has 36 heavy (non-hydrogen) atoms. The van der Waals surface area contributed by atoms with Gasteiger partial charge >= 0.3 is 0 Å². The van der Waals surface area contributed by atoms with Crippen LogP contribution in [0.25, 0.3) is 0 Å². The van der Waals surface area contributed by atoms with Crippen molar-refractivity contribution in [3.05, 3.63) is 115 Å². The average Bonchev–Trinajstić information content (AvgIpc) is 3.18. The number of aromatic nitrogens is 2. The average molecular weight is 525 g/mol. The number of nitrogens with zero attached hydrogens (tertiary/aromatic N) is 3. The summed E-state index contributed by atoms with van der Waals surface area (Å²) in [7, 11) is 0. The summed E-state index contributed by atoms with van der Waals surface area (Å²) in [5.41, 5.74) is 3.59. The fraction of sp³-hybridized carbons (Fsp3) is 0.154. The Morgan fingerprint density at radius 3 is 2.56 bits per heavy atom. The minimum absolute atomic E-state index is 0.0376. The molecule has 0 aliphatic heterocycles. The number of halogens is 2. The van der Waals surface area contributed by atoms with Gasteiger partial charge in [-0.25, -0.2) is 0 Å². The van der Waals surface area contributed by atoms with Crippen LogP contribution in [0.4, 0.5) is 11.5 Å². The largest absolute Gasteiger partial charge is 0.489 e. The predicted octanol–water partition coefficient (Wildman–Crippen LogP) is 6.59. The van der Waals surface area contributed by atoms with Crippen LogP contribution in [-0.2, 0) is 13.2 Å². The number of nitro benzene ring substituents is 1. The van der Waals surface area contributed by atoms with Crippen LogP contribution >= 0.6 is 23.2 Å². The number of hydrogen-bond acceptors (Lipinski definition) is 5. The monoisotopic (exact) mass is 524 g/mol. The standard InChI is InChI=1S/C26H22Cl2N4O4/c1-16-10-21(7-9-24(16)32(34)35)36-15-19-4-3-5-20(12-19)26(33)29-25-11-17(2)31(30-25)14-18-6-8-22(27)23(28)13-18/h3-13H,14-15H2,1-2H3,(H,29,30,33). The Hall–Kier alpha value is -3.88. The highest BCUT2D eigenvalue weighted by molar-refractivity contribution is 6.42. The third kappa shape index (κ3) is 6.02. The number of aryl methyl sites for hydroxylation is 2. The molecule has 0 saturated heterocycles. The number of carbonyl (C=O) groups excluding carboxylic acids is 1. The molecule has 4 rings (SSSR count). The highest BCUT2D eigenvalue weighted by atomic mass is 35.5. The highest BCUT2D eigenvalue weighted by Gasteiger charge is 2.13. The molecule has 0 bridgehead atoms. The first-order chi connectivity index (χ1) is 17.2. The van der Waals surface area contributed by atoms with Gasteiger partial charge in [-0.05, 0) is 61.4 Å². The summed E-state index contributed by atoms with van der Waals surface area (Å²) in [5, 5.41) is 19.3. The van der Waals surface area contributed by atoms with E-state index in [0.29, 0.717) is 39.3 Å². The van der Waals surface area contributed by atoms with Gasteiger partial charge in [0.2, 0.25) is 0 Å². The number of benzene rings is 3. The second-order valence-corrected chi connectivity index (χ2v) is 9.04. The van der Waals surface area contributed by atoms with E-state index in [4.69, 9.17) is 27.9 Å². The molecule has 3 aromatic carbocycles. The van der Waals surface area contributed by atoms with Gasteiger partial charge in [-0.2, -0.15) is 5.10 Å². The van der Waals surface area contributed by atoms with E-state index in [1.165, 1.54) is 6.07 Å². The molecule has 0 aliphatic carbocycles. The zero-order valence-electron chi connectivity index (χ0n) is 19.5. The second kappa shape index (κ2) is 10.8. The van der Waals surface area contributed by atoms with E-state index in [-0.39, 0.29) is 18.2 Å². The van der Waals surface area contributed by atoms with Gasteiger partial charge in [-0.1, -0.05) is 41.4 Å². The Bertz CT molecular complexity index is 1450. The van der Waals surface area contributed by atoms with Crippen molar-refractivity contribution in [3.63, 3.8) is 0 Å². The molecule has 1 heterocycles. The van der Waals surface area contributed by atoms with Crippen LogP contribution in [0.15, 0.2) is 66.7 Å². The number of rotatable bonds is 8. The SMILES string of the molecule is Cc1cc(OCc2cccc(C(=O)Nc3cc(C)n(Cc4ccc(Cl)c(Cl)c4)n3)c2)ccc1[N+](=O)[O-]. The van der Waals surface area contributed by atoms with Crippen molar-refractivity contribution in [3.8, 4) is 5.75 Å². The summed E-state index contributed by atoms with van der Waals surface area (Å²) < 4.78 is 7.53. The molecule has 1 amide bonds. The van der Waals surface area contributed by atoms with Crippen molar-refractivity contribution >= 4 is 40.6 Å². The maximum absolute atomic E-state index is 12.9. The van der Waals surface area contributed by atoms with Crippen molar-refractivity contribution in [2.45, 2.75) is 27.0 Å². The first-order valence-electron chi connectivity index (χ1n) is 11.0. The Morgan fingerprint density at radius 2 is 1.83 bits per heavy atom. The molecule has 0 atom stereocenters. The van der Waals surface area contributed by atoms with Crippen molar-refractivity contribution in [1.29, 1.82) is 0 Å². The Balaban J connectivity index is 1.40. The number of carbonyl (C=O) groups is 1. The number of ether oxygens (including phenoxy) is 1. The van der Waals surface area contributed by atoms with Crippen molar-refractivity contribution in [1.82, 2.24) is 9.78 Å². The van der Waals surface area contributed by atoms with E-state index in [2.05, 4.69) is 10.4 Å². The van der Waals surface area contributed by atoms with Crippen LogP contribution in [0.3, 0.4) is 0 Å². The molecule has 1 aromatic heterocycles. The molecule has 0 aliphatic rings. The molecular weight excluding hydrogens is 503 g/mol. The second-order valence-electron chi connectivity index (χ2n) is 8.23. The van der Waals surface area contributed by atoms with Gasteiger partial charge in [-0.3, -0.25) is 19.6 Å². The highest BCUT2D eigenvalue weighted by Crippen LogP contribution is 2.25. The third-order valence-corrected chi connectivity index (χ3v) is 6.24. The molecule has 4 aromatic rings. The molecule has 0 saturated carbocycles. The summed E-state index contributed by atoms with van der Waals surface area (Å²) in [5.74, 6) is 0.638. The first kappa shape index (κ1) is 25.2. The molecule has 0 unspecified atom stereocenters. The minimum Gasteiger partial charge on any atom is -0.489 e. The van der Waals surface area contributed by atoms with E-state index in [1.54, 1.807) is 60.1 Å². The lowest BCUT2D eigenvalue weighted by atomic mass is 10.1. The van der Waals surface area contributed by atoms with Crippen LogP contribution in [0, 0.1) is 24.0 Å². The number of amides is 1. The zero-order valence-corrected chi connectivity index (χ0v) is 21.0. The first-order valence-corrected chi connectivity index (χ1v) is 11.7. The van der Waals surface area contributed by atoms with E-state index in [9.17, 15) is 14.9 Å². The number of anilines is 1. The molecule has 0 spiro atoms. The number of nitrogens with one attached hydrogen (secondary N) is 1. The van der Waals surface area contributed by atoms with Gasteiger partial charge < -0.3 is 10.1 Å². The van der Waals surface area contributed by atoms with Crippen LogP contribution in [0.5, 0.6) is 5.75 Å². The number of nitro groups is 1. The van der Waals surface area contributed by atoms with Crippen molar-refractivity contribution < 1.29 is 14.5 Å². The van der Waals surface area contributed by atoms with E-state index in [0.717, 1.165) is 16.8 Å². The lowest BCUT2D eigenvalue weighted by Gasteiger charge is -2.09. The van der Waals surface area contributed by atoms with Gasteiger partial charge in [0, 0.05) is 29.0 Å². The van der Waals surface area contributed by atoms with Gasteiger partial charge in [0.25, 0.3) is 11.6 Å². The quantitative estimate of drug-likeness (QED) is 0.207. The molecule has 184 valence electrons. The fourth-order valence-electron chi connectivity index (χ4n) is 3.62. The van der Waals surface area contributed by atoms with Gasteiger partial charge in [-0.15, -0.1) is 0 Å². The van der Waals surface area contributed by atoms with Gasteiger partial charge in [0.1, 0.15) is 12.4 Å². The van der Waals surface area contributed by atoms with Crippen LogP contribution < -0.4 is 10.1 Å². The van der Waals surface area contributed by atoms with Gasteiger partial charge in [0.15, 0.2) is 5.82 Å². The smallest absolute Gasteiger partial charge is 0.272 e. The fourth-order valence-corrected chi connectivity index (χ4v) is 3.94. The Morgan fingerprint density at radius 1 is 1.03 bits per heavy atom. The van der Waals surface area contributed by atoms with E-state index >= 15 is 0 Å². The van der Waals surface area contributed by atoms with Crippen LogP contribution in [0.2, 0.25) is 10.0 Å². The topological polar surface area (TPSA) is 99.3 Å². The Kier molecular flexibility index (Phi) is 7.57. The van der Waals surface area contributed by atoms with Crippen LogP contribution in [-0.4, -0.2) is 20.6 Å². The summed E-state index contributed by atoms with van der Waals surface area (Å²) in [6, 6.07) is 18.8. The normalized spacial score (nSPS) is 10.8. The molecule has 8 nitrogen and oxygen atoms in total. The zero-order chi connectivity index (χ0) is 25.8. The lowest BCUT2D eigenvalue weighted by Crippen LogP contribution is -2.13. The maximum atomic E-state index is 12.9. The molecular formula is C26H22Cl2N4O4. The molecule has 0 fully saturated rings. The van der Waals surface area contributed by atoms with E-state index < -0.39 is 4.92 Å². The van der Waals surface area contributed by atoms with Crippen LogP contribution in [0.1, 0.15) is 32.7 Å². The lowest BCUT2D eigenvalue weighted by molar-refractivity contribution is -0.385. The molecule has 0 radical (unpaired) electrons. The minimum atomic E-state index is -0.432. The summed E-state index contributed by atoms with van der Waals surface area (Å²) in [6.45, 7) is 4.24. The summed E-state index contributed by atoms with van der Waals surface area (Å²) in [6.07, 6.45) is 0. The van der Waals surface area contributed by atoms with Crippen molar-refractivity contribution in [2.75, 3.05) is 5.32 Å². The summed E-state index contributed by atoms with van der Waals surface area (Å²) >= 11 is 12.1. The molecule has 1 N–H and O–H groups in total. The summed E-state index contributed by atoms with van der Waals surface area (Å²) in [4.78, 5) is 23.4. The molecule has 10 heteroatoms. The third-order valence-electron chi connectivity index (χ3n) is 5.50. The van der Waals surface area contributed by atoms with E-state index in [1.807, 2.05) is 19.1 Å². The Labute approximate surface area is 217 Å². The van der Waals surface area contributed by atoms with Crippen molar-refractivity contribution in [2.24, 2.45) is 0 Å². The predicted molar refractivity (Wildman–Crippen MR) is 139 cm³/mol. The number of hydrogen-bond donors (Lipinski definition) is 1. The van der Waals surface area contributed by atoms with Gasteiger partial charge in [0.05, 0.1) is 21.5 Å². The maximum Gasteiger partial charge on any atom is 0.272 e.